The van der Waals surface area contributed by atoms with Crippen LogP contribution in [0.1, 0.15) is 67.9 Å². The van der Waals surface area contributed by atoms with E-state index in [0.717, 1.165) is 67.3 Å². The number of anilines is 1. The lowest BCUT2D eigenvalue weighted by Gasteiger charge is -2.32. The Balaban J connectivity index is 1.43. The van der Waals surface area contributed by atoms with Gasteiger partial charge in [0.1, 0.15) is 0 Å². The number of nitrogens with zero attached hydrogens (tertiary/aromatic N) is 3. The molecule has 1 saturated heterocycles. The van der Waals surface area contributed by atoms with Crippen LogP contribution in [0.2, 0.25) is 0 Å². The normalized spacial score (nSPS) is 20.1. The van der Waals surface area contributed by atoms with Gasteiger partial charge in [0.2, 0.25) is 0 Å². The van der Waals surface area contributed by atoms with Crippen molar-refractivity contribution in [2.45, 2.75) is 66.0 Å². The van der Waals surface area contributed by atoms with Crippen molar-refractivity contribution < 1.29 is 14.3 Å². The molecule has 1 aliphatic carbocycles. The first-order chi connectivity index (χ1) is 19.8. The fourth-order valence-corrected chi connectivity index (χ4v) is 6.51. The minimum Gasteiger partial charge on any atom is -0.379 e. The number of morpholine rings is 1. The summed E-state index contributed by atoms with van der Waals surface area (Å²) in [5, 5.41) is 3.07. The molecule has 7 nitrogen and oxygen atoms in total. The van der Waals surface area contributed by atoms with Crippen molar-refractivity contribution in [1.82, 2.24) is 10.2 Å². The van der Waals surface area contributed by atoms with Gasteiger partial charge in [-0.25, -0.2) is 4.99 Å². The average Bonchev–Trinajstić information content (AvgIpc) is 3.49. The van der Waals surface area contributed by atoms with Gasteiger partial charge < -0.3 is 15.0 Å². The molecule has 2 fully saturated rings. The van der Waals surface area contributed by atoms with Gasteiger partial charge in [-0.1, -0.05) is 42.7 Å². The van der Waals surface area contributed by atoms with E-state index in [1.54, 1.807) is 0 Å². The van der Waals surface area contributed by atoms with E-state index in [9.17, 15) is 9.59 Å². The third kappa shape index (κ3) is 6.79. The molecule has 7 heteroatoms. The minimum atomic E-state index is -0.421. The van der Waals surface area contributed by atoms with Crippen molar-refractivity contribution in [3.63, 3.8) is 0 Å². The Morgan fingerprint density at radius 2 is 1.76 bits per heavy atom. The zero-order chi connectivity index (χ0) is 28.9. The van der Waals surface area contributed by atoms with Crippen molar-refractivity contribution in [1.29, 1.82) is 0 Å². The zero-order valence-electron chi connectivity index (χ0n) is 25.0. The summed E-state index contributed by atoms with van der Waals surface area (Å²) in [6.07, 6.45) is 6.80. The van der Waals surface area contributed by atoms with E-state index in [4.69, 9.17) is 4.74 Å². The lowest BCUT2D eigenvalue weighted by Crippen LogP contribution is -2.36. The Hall–Kier alpha value is -3.29. The maximum absolute atomic E-state index is 13.7. The number of hydrogen-bond donors (Lipinski definition) is 1. The highest BCUT2D eigenvalue weighted by Gasteiger charge is 2.27. The largest absolute Gasteiger partial charge is 0.379 e. The van der Waals surface area contributed by atoms with Gasteiger partial charge in [-0.05, 0) is 81.0 Å². The second-order valence-corrected chi connectivity index (χ2v) is 11.7. The lowest BCUT2D eigenvalue weighted by atomic mass is 9.94. The number of allylic oxidation sites excluding steroid dienone is 1. The molecule has 5 rings (SSSR count). The number of dihydropyridines is 1. The molecule has 2 heterocycles. The molecule has 2 aromatic carbocycles. The van der Waals surface area contributed by atoms with Gasteiger partial charge in [0.05, 0.1) is 19.1 Å². The van der Waals surface area contributed by atoms with E-state index >= 15 is 0 Å². The zero-order valence-corrected chi connectivity index (χ0v) is 25.0. The van der Waals surface area contributed by atoms with Crippen molar-refractivity contribution >= 4 is 23.2 Å². The van der Waals surface area contributed by atoms with Crippen LogP contribution in [0.3, 0.4) is 0 Å². The Bertz CT molecular complexity index is 1320. The predicted molar refractivity (Wildman–Crippen MR) is 166 cm³/mol. The summed E-state index contributed by atoms with van der Waals surface area (Å²) in [7, 11) is 0. The molecule has 41 heavy (non-hydrogen) atoms. The molecule has 1 N–H and O–H groups in total. The number of carbonyl (C=O) groups excluding carboxylic acids is 2. The van der Waals surface area contributed by atoms with Crippen LogP contribution in [0.4, 0.5) is 5.69 Å². The first-order valence-electron chi connectivity index (χ1n) is 15.2. The van der Waals surface area contributed by atoms with Gasteiger partial charge in [-0.3, -0.25) is 14.5 Å². The van der Waals surface area contributed by atoms with E-state index in [0.29, 0.717) is 17.3 Å². The maximum Gasteiger partial charge on any atom is 0.254 e. The van der Waals surface area contributed by atoms with Gasteiger partial charge in [0.25, 0.3) is 11.8 Å². The maximum atomic E-state index is 13.7. The Morgan fingerprint density at radius 3 is 2.41 bits per heavy atom. The topological polar surface area (TPSA) is 74.2 Å². The number of hydrogen-bond acceptors (Lipinski definition) is 5. The lowest BCUT2D eigenvalue weighted by molar-refractivity contribution is -0.120. The average molecular weight is 557 g/mol. The van der Waals surface area contributed by atoms with Crippen LogP contribution in [0, 0.1) is 12.8 Å². The number of ether oxygens (including phenoxy) is 1. The first-order valence-corrected chi connectivity index (χ1v) is 15.2. The highest BCUT2D eigenvalue weighted by atomic mass is 16.5. The molecule has 0 aromatic heterocycles. The molecular weight excluding hydrogens is 512 g/mol. The predicted octanol–water partition coefficient (Wildman–Crippen LogP) is 5.56. The van der Waals surface area contributed by atoms with Crippen LogP contribution < -0.4 is 10.2 Å². The SMILES string of the molecule is CCN(c1cc(-c2ccc(CN3CCOCC3)cc2)cc(C(=O)NCC2C(=O)N=C(C)C=C2C)c1C)C1CCCC1. The summed E-state index contributed by atoms with van der Waals surface area (Å²) < 4.78 is 5.49. The van der Waals surface area contributed by atoms with Gasteiger partial charge >= 0.3 is 0 Å². The quantitative estimate of drug-likeness (QED) is 0.438. The van der Waals surface area contributed by atoms with E-state index in [1.807, 2.05) is 26.0 Å². The molecule has 1 atom stereocenters. The summed E-state index contributed by atoms with van der Waals surface area (Å²) >= 11 is 0. The molecule has 0 radical (unpaired) electrons. The Labute approximate surface area is 244 Å². The Morgan fingerprint density at radius 1 is 1.05 bits per heavy atom. The monoisotopic (exact) mass is 556 g/mol. The van der Waals surface area contributed by atoms with Crippen LogP contribution in [0.5, 0.6) is 0 Å². The number of rotatable bonds is 9. The van der Waals surface area contributed by atoms with Crippen LogP contribution in [0.15, 0.2) is 53.0 Å². The highest BCUT2D eigenvalue weighted by Crippen LogP contribution is 2.35. The molecule has 2 aromatic rings. The fourth-order valence-electron chi connectivity index (χ4n) is 6.51. The standard InChI is InChI=1S/C34H44N4O3/c1-5-38(29-8-6-7-9-29)32-20-28(27-12-10-26(11-13-27)22-37-14-16-41-17-15-37)19-30(25(32)4)33(39)35-21-31-23(2)18-24(3)36-34(31)40/h10-13,18-20,29,31H,5-9,14-17,21-22H2,1-4H3,(H,35,39). The van der Waals surface area contributed by atoms with E-state index in [2.05, 4.69) is 64.3 Å². The fraction of sp³-hybridized carbons (Fsp3) is 0.500. The van der Waals surface area contributed by atoms with Crippen molar-refractivity contribution in [2.75, 3.05) is 44.3 Å². The van der Waals surface area contributed by atoms with Crippen molar-refractivity contribution in [2.24, 2.45) is 10.9 Å². The third-order valence-corrected chi connectivity index (χ3v) is 8.88. The van der Waals surface area contributed by atoms with Crippen molar-refractivity contribution in [3.05, 3.63) is 64.7 Å². The molecule has 1 unspecified atom stereocenters. The number of benzene rings is 2. The van der Waals surface area contributed by atoms with Gasteiger partial charge in [0, 0.05) is 55.7 Å². The molecule has 2 aliphatic heterocycles. The summed E-state index contributed by atoms with van der Waals surface area (Å²) in [6.45, 7) is 13.6. The molecule has 0 spiro atoms. The molecule has 1 saturated carbocycles. The second kappa shape index (κ2) is 13.1. The summed E-state index contributed by atoms with van der Waals surface area (Å²) in [5.74, 6) is -0.761. The highest BCUT2D eigenvalue weighted by molar-refractivity contribution is 6.06. The summed E-state index contributed by atoms with van der Waals surface area (Å²) in [5.41, 5.74) is 7.84. The molecule has 2 amide bonds. The van der Waals surface area contributed by atoms with Crippen molar-refractivity contribution in [3.8, 4) is 11.1 Å². The molecule has 3 aliphatic rings. The number of nitrogens with one attached hydrogen (secondary N) is 1. The molecule has 218 valence electrons. The number of amides is 2. The van der Waals surface area contributed by atoms with Crippen LogP contribution in [-0.4, -0.2) is 67.9 Å². The molecular formula is C34H44N4O3. The van der Waals surface area contributed by atoms with E-state index in [1.165, 1.54) is 31.2 Å². The van der Waals surface area contributed by atoms with Gasteiger partial charge in [-0.15, -0.1) is 0 Å². The van der Waals surface area contributed by atoms with Gasteiger partial charge in [0.15, 0.2) is 0 Å². The third-order valence-electron chi connectivity index (χ3n) is 8.88. The summed E-state index contributed by atoms with van der Waals surface area (Å²) in [6, 6.07) is 13.5. The van der Waals surface area contributed by atoms with E-state index < -0.39 is 5.92 Å². The summed E-state index contributed by atoms with van der Waals surface area (Å²) in [4.78, 5) is 35.3. The Kier molecular flexibility index (Phi) is 9.35. The van der Waals surface area contributed by atoms with Gasteiger partial charge in [-0.2, -0.15) is 0 Å². The van der Waals surface area contributed by atoms with Crippen LogP contribution in [-0.2, 0) is 16.1 Å². The van der Waals surface area contributed by atoms with E-state index in [-0.39, 0.29) is 18.4 Å². The second-order valence-electron chi connectivity index (χ2n) is 11.7. The first kappa shape index (κ1) is 29.2. The minimum absolute atomic E-state index is 0.149. The van der Waals surface area contributed by atoms with Crippen LogP contribution in [0.25, 0.3) is 11.1 Å². The molecule has 0 bridgehead atoms. The van der Waals surface area contributed by atoms with Crippen LogP contribution >= 0.6 is 0 Å². The smallest absolute Gasteiger partial charge is 0.254 e. The number of carbonyl (C=O) groups is 2. The number of aliphatic imine (C=N–C) groups is 1.